The number of nitrogens with zero attached hydrogens (tertiary/aromatic N) is 2. The van der Waals surface area contributed by atoms with Crippen LogP contribution >= 0.6 is 0 Å². The van der Waals surface area contributed by atoms with E-state index in [1.807, 2.05) is 67.0 Å². The maximum absolute atomic E-state index is 11.9. The van der Waals surface area contributed by atoms with E-state index in [1.54, 1.807) is 17.9 Å². The Hall–Kier alpha value is -3.21. The topological polar surface area (TPSA) is 54.6 Å². The predicted octanol–water partition coefficient (Wildman–Crippen LogP) is 2.29. The molecule has 0 bridgehead atoms. The Morgan fingerprint density at radius 3 is 2.71 bits per heavy atom. The number of rotatable bonds is 5. The second-order valence-electron chi connectivity index (χ2n) is 5.24. The molecule has 0 saturated heterocycles. The number of hydrogen-bond acceptors (Lipinski definition) is 3. The lowest BCUT2D eigenvalue weighted by molar-refractivity contribution is -0.684. The number of pyridine rings is 1. The Morgan fingerprint density at radius 2 is 1.92 bits per heavy atom. The summed E-state index contributed by atoms with van der Waals surface area (Å²) < 4.78 is 7.18. The van der Waals surface area contributed by atoms with E-state index in [0.29, 0.717) is 5.75 Å². The van der Waals surface area contributed by atoms with Crippen LogP contribution in [0.25, 0.3) is 10.8 Å². The molecule has 24 heavy (non-hydrogen) atoms. The molecule has 2 aromatic carbocycles. The van der Waals surface area contributed by atoms with Crippen molar-refractivity contribution in [3.63, 3.8) is 0 Å². The Bertz CT molecular complexity index is 876. The van der Waals surface area contributed by atoms with Crippen molar-refractivity contribution in [2.24, 2.45) is 5.10 Å². The molecule has 0 aliphatic heterocycles. The van der Waals surface area contributed by atoms with Gasteiger partial charge >= 0.3 is 5.91 Å². The second kappa shape index (κ2) is 7.37. The van der Waals surface area contributed by atoms with Crippen LogP contribution in [0.4, 0.5) is 0 Å². The fourth-order valence-electron chi connectivity index (χ4n) is 2.50. The van der Waals surface area contributed by atoms with Crippen molar-refractivity contribution in [1.82, 2.24) is 5.43 Å². The van der Waals surface area contributed by atoms with Crippen LogP contribution in [0.1, 0.15) is 5.56 Å². The molecule has 0 radical (unpaired) electrons. The zero-order chi connectivity index (χ0) is 16.8. The minimum absolute atomic E-state index is 0.193. The van der Waals surface area contributed by atoms with E-state index in [9.17, 15) is 4.79 Å². The van der Waals surface area contributed by atoms with Crippen LogP contribution in [-0.4, -0.2) is 19.2 Å². The third-order valence-corrected chi connectivity index (χ3v) is 3.64. The summed E-state index contributed by atoms with van der Waals surface area (Å²) in [6.07, 6.45) is 5.28. The lowest BCUT2D eigenvalue weighted by atomic mass is 10.0. The molecule has 0 spiro atoms. The molecule has 1 amide bonds. The molecule has 3 rings (SSSR count). The van der Waals surface area contributed by atoms with Gasteiger partial charge in [-0.3, -0.25) is 4.79 Å². The molecule has 0 unspecified atom stereocenters. The van der Waals surface area contributed by atoms with Gasteiger partial charge in [-0.1, -0.05) is 36.4 Å². The van der Waals surface area contributed by atoms with Gasteiger partial charge in [-0.05, 0) is 16.8 Å². The number of hydrazone groups is 1. The van der Waals surface area contributed by atoms with Gasteiger partial charge in [0.1, 0.15) is 5.75 Å². The Balaban J connectivity index is 1.77. The number of aromatic nitrogens is 1. The summed E-state index contributed by atoms with van der Waals surface area (Å²) in [7, 11) is 1.62. The van der Waals surface area contributed by atoms with Gasteiger partial charge in [-0.2, -0.15) is 9.67 Å². The zero-order valence-corrected chi connectivity index (χ0v) is 13.3. The Kier molecular flexibility index (Phi) is 4.81. The fraction of sp³-hybridized carbons (Fsp3) is 0.105. The van der Waals surface area contributed by atoms with Crippen molar-refractivity contribution in [3.05, 3.63) is 72.6 Å². The number of carbonyl (C=O) groups is 1. The molecule has 0 aliphatic carbocycles. The van der Waals surface area contributed by atoms with Gasteiger partial charge in [0.05, 0.1) is 13.3 Å². The largest absolute Gasteiger partial charge is 0.496 e. The Labute approximate surface area is 140 Å². The molecule has 1 N–H and O–H groups in total. The molecule has 0 saturated carbocycles. The van der Waals surface area contributed by atoms with E-state index >= 15 is 0 Å². The van der Waals surface area contributed by atoms with Crippen molar-refractivity contribution < 1.29 is 14.1 Å². The van der Waals surface area contributed by atoms with E-state index in [4.69, 9.17) is 4.74 Å². The van der Waals surface area contributed by atoms with Crippen LogP contribution in [0, 0.1) is 0 Å². The summed E-state index contributed by atoms with van der Waals surface area (Å²) in [5, 5.41) is 6.19. The van der Waals surface area contributed by atoms with Crippen LogP contribution < -0.4 is 14.7 Å². The highest BCUT2D eigenvalue weighted by Gasteiger charge is 2.08. The van der Waals surface area contributed by atoms with Crippen molar-refractivity contribution in [1.29, 1.82) is 0 Å². The third-order valence-electron chi connectivity index (χ3n) is 3.64. The van der Waals surface area contributed by atoms with Crippen molar-refractivity contribution >= 4 is 22.9 Å². The first-order valence-corrected chi connectivity index (χ1v) is 7.59. The second-order valence-corrected chi connectivity index (χ2v) is 5.24. The summed E-state index contributed by atoms with van der Waals surface area (Å²) in [6.45, 7) is 0.213. The minimum atomic E-state index is -0.193. The van der Waals surface area contributed by atoms with Crippen LogP contribution in [0.2, 0.25) is 0 Å². The zero-order valence-electron chi connectivity index (χ0n) is 13.3. The van der Waals surface area contributed by atoms with E-state index in [-0.39, 0.29) is 12.5 Å². The first-order valence-electron chi connectivity index (χ1n) is 7.59. The van der Waals surface area contributed by atoms with Gasteiger partial charge in [0.15, 0.2) is 12.4 Å². The standard InChI is InChI=1S/C19H17N3O2/c1-24-18-10-9-15-7-3-4-8-16(15)17(18)13-20-21-19(23)14-22-11-5-2-6-12-22/h2-13H,14H2,1H3/p+1/b20-13+. The van der Waals surface area contributed by atoms with Gasteiger partial charge in [-0.15, -0.1) is 0 Å². The van der Waals surface area contributed by atoms with Gasteiger partial charge in [0.2, 0.25) is 6.54 Å². The molecular weight excluding hydrogens is 302 g/mol. The quantitative estimate of drug-likeness (QED) is 0.445. The summed E-state index contributed by atoms with van der Waals surface area (Å²) in [5.74, 6) is 0.519. The van der Waals surface area contributed by atoms with Crippen LogP contribution in [0.15, 0.2) is 72.1 Å². The minimum Gasteiger partial charge on any atom is -0.496 e. The molecule has 0 aliphatic rings. The van der Waals surface area contributed by atoms with Crippen LogP contribution in [0.3, 0.4) is 0 Å². The number of hydrogen-bond donors (Lipinski definition) is 1. The number of carbonyl (C=O) groups excluding carboxylic acids is 1. The summed E-state index contributed by atoms with van der Waals surface area (Å²) >= 11 is 0. The van der Waals surface area contributed by atoms with Gasteiger partial charge < -0.3 is 4.74 Å². The smallest absolute Gasteiger partial charge is 0.305 e. The normalized spacial score (nSPS) is 10.9. The fourth-order valence-corrected chi connectivity index (χ4v) is 2.50. The number of ether oxygens (including phenoxy) is 1. The first kappa shape index (κ1) is 15.7. The molecule has 5 nitrogen and oxygen atoms in total. The molecule has 1 aromatic heterocycles. The van der Waals surface area contributed by atoms with Gasteiger partial charge in [0.25, 0.3) is 0 Å². The number of fused-ring (bicyclic) bond motifs is 1. The molecule has 3 aromatic rings. The van der Waals surface area contributed by atoms with E-state index < -0.39 is 0 Å². The Morgan fingerprint density at radius 1 is 1.12 bits per heavy atom. The molecule has 1 heterocycles. The molecular formula is C19H18N3O2+. The number of amides is 1. The molecule has 0 atom stereocenters. The number of methoxy groups -OCH3 is 1. The lowest BCUT2D eigenvalue weighted by Crippen LogP contribution is -2.40. The van der Waals surface area contributed by atoms with E-state index in [1.165, 1.54) is 0 Å². The highest BCUT2D eigenvalue weighted by atomic mass is 16.5. The van der Waals surface area contributed by atoms with Crippen LogP contribution in [0.5, 0.6) is 5.75 Å². The molecule has 5 heteroatoms. The average molecular weight is 320 g/mol. The molecule has 0 fully saturated rings. The summed E-state index contributed by atoms with van der Waals surface area (Å²) in [5.41, 5.74) is 3.39. The summed E-state index contributed by atoms with van der Waals surface area (Å²) in [4.78, 5) is 11.9. The van der Waals surface area contributed by atoms with Crippen molar-refractivity contribution in [2.45, 2.75) is 6.54 Å². The average Bonchev–Trinajstić information content (AvgIpc) is 2.62. The van der Waals surface area contributed by atoms with E-state index in [2.05, 4.69) is 10.5 Å². The van der Waals surface area contributed by atoms with Crippen LogP contribution in [-0.2, 0) is 11.3 Å². The van der Waals surface area contributed by atoms with E-state index in [0.717, 1.165) is 16.3 Å². The first-order chi connectivity index (χ1) is 11.8. The predicted molar refractivity (Wildman–Crippen MR) is 92.9 cm³/mol. The van der Waals surface area contributed by atoms with Gasteiger partial charge in [-0.25, -0.2) is 5.43 Å². The third kappa shape index (κ3) is 3.57. The van der Waals surface area contributed by atoms with Gasteiger partial charge in [0, 0.05) is 17.7 Å². The van der Waals surface area contributed by atoms with Crippen molar-refractivity contribution in [2.75, 3.05) is 7.11 Å². The highest BCUT2D eigenvalue weighted by molar-refractivity contribution is 6.02. The number of benzene rings is 2. The monoisotopic (exact) mass is 320 g/mol. The van der Waals surface area contributed by atoms with Crippen molar-refractivity contribution in [3.8, 4) is 5.75 Å². The maximum atomic E-state index is 11.9. The molecule has 120 valence electrons. The summed E-state index contributed by atoms with van der Waals surface area (Å²) in [6, 6.07) is 17.5. The highest BCUT2D eigenvalue weighted by Crippen LogP contribution is 2.26. The SMILES string of the molecule is COc1ccc2ccccc2c1/C=N/NC(=O)C[n+]1ccccc1. The lowest BCUT2D eigenvalue weighted by Gasteiger charge is -2.08. The maximum Gasteiger partial charge on any atom is 0.305 e. The number of nitrogens with one attached hydrogen (secondary N) is 1.